The molecule has 2 nitrogen and oxygen atoms in total. The molecule has 0 aliphatic heterocycles. The van der Waals surface area contributed by atoms with Gasteiger partial charge in [0.1, 0.15) is 0 Å². The van der Waals surface area contributed by atoms with Gasteiger partial charge in [0, 0.05) is 5.02 Å². The number of halogens is 2. The first-order chi connectivity index (χ1) is 4.70. The quantitative estimate of drug-likeness (QED) is 0.448. The third kappa shape index (κ3) is 1.87. The minimum Gasteiger partial charge on any atom is -0.245 e. The summed E-state index contributed by atoms with van der Waals surface area (Å²) in [5.41, 5.74) is 0.826. The van der Waals surface area contributed by atoms with Crippen LogP contribution < -0.4 is 9.88 Å². The predicted molar refractivity (Wildman–Crippen MR) is 47.0 cm³/mol. The van der Waals surface area contributed by atoms with Crippen LogP contribution in [0.15, 0.2) is 24.3 Å². The van der Waals surface area contributed by atoms with Crippen LogP contribution in [0.2, 0.25) is 5.02 Å². The van der Waals surface area contributed by atoms with Gasteiger partial charge in [-0.1, -0.05) is 17.7 Å². The number of hydrogen-bond acceptors (Lipinski definition) is 2. The van der Waals surface area contributed by atoms with Gasteiger partial charge in [0.25, 0.3) is 0 Å². The summed E-state index contributed by atoms with van der Waals surface area (Å²) in [6.45, 7) is 0. The molecule has 1 rings (SSSR count). The molecule has 0 aliphatic rings. The lowest BCUT2D eigenvalue weighted by Gasteiger charge is -2.07. The molecule has 0 saturated carbocycles. The molecule has 0 unspecified atom stereocenters. The van der Waals surface area contributed by atoms with Gasteiger partial charge in [0.15, 0.2) is 0 Å². The molecule has 2 N–H and O–H groups in total. The van der Waals surface area contributed by atoms with Crippen molar-refractivity contribution in [3.63, 3.8) is 0 Å². The van der Waals surface area contributed by atoms with Crippen LogP contribution in [0.3, 0.4) is 0 Å². The summed E-state index contributed by atoms with van der Waals surface area (Å²) < 4.78 is 1.33. The molecule has 1 aromatic rings. The summed E-state index contributed by atoms with van der Waals surface area (Å²) in [5.74, 6) is 5.37. The third-order valence-electron chi connectivity index (χ3n) is 1.05. The molecule has 0 amide bonds. The van der Waals surface area contributed by atoms with Gasteiger partial charge in [-0.2, -0.15) is 0 Å². The zero-order chi connectivity index (χ0) is 7.56. The number of rotatable bonds is 1. The first-order valence-electron chi connectivity index (χ1n) is 2.66. The minimum absolute atomic E-state index is 0.674. The monoisotopic (exact) mass is 220 g/mol. The maximum Gasteiger partial charge on any atom is 0.0669 e. The van der Waals surface area contributed by atoms with E-state index in [0.29, 0.717) is 5.02 Å². The average molecular weight is 221 g/mol. The lowest BCUT2D eigenvalue weighted by Crippen LogP contribution is -2.17. The van der Waals surface area contributed by atoms with E-state index >= 15 is 0 Å². The summed E-state index contributed by atoms with van der Waals surface area (Å²) in [6, 6.07) is 7.23. The van der Waals surface area contributed by atoms with Crippen molar-refractivity contribution in [1.29, 1.82) is 0 Å². The van der Waals surface area contributed by atoms with Crippen LogP contribution in [-0.4, -0.2) is 0 Å². The van der Waals surface area contributed by atoms with Crippen LogP contribution in [-0.2, 0) is 0 Å². The Bertz CT molecular complexity index is 227. The maximum atomic E-state index is 5.69. The highest BCUT2D eigenvalue weighted by molar-refractivity contribution is 9.10. The van der Waals surface area contributed by atoms with Crippen LogP contribution in [0.25, 0.3) is 0 Å². The van der Waals surface area contributed by atoms with Gasteiger partial charge in [-0.05, 0) is 18.2 Å². The summed E-state index contributed by atoms with van der Waals surface area (Å²) >= 11 is 8.75. The van der Waals surface area contributed by atoms with Gasteiger partial charge < -0.3 is 0 Å². The Morgan fingerprint density at radius 2 is 2.20 bits per heavy atom. The fraction of sp³-hybridized carbons (Fsp3) is 0. The van der Waals surface area contributed by atoms with Crippen LogP contribution in [0, 0.1) is 0 Å². The van der Waals surface area contributed by atoms with Crippen LogP contribution >= 0.6 is 27.7 Å². The summed E-state index contributed by atoms with van der Waals surface area (Å²) in [4.78, 5) is 0. The van der Waals surface area contributed by atoms with Crippen molar-refractivity contribution in [3.05, 3.63) is 29.3 Å². The molecule has 0 saturated heterocycles. The van der Waals surface area contributed by atoms with Crippen LogP contribution in [0.4, 0.5) is 5.69 Å². The minimum atomic E-state index is 0.674. The largest absolute Gasteiger partial charge is 0.245 e. The molecule has 0 bridgehead atoms. The summed E-state index contributed by atoms with van der Waals surface area (Å²) in [6.07, 6.45) is 0. The van der Waals surface area contributed by atoms with E-state index in [4.69, 9.17) is 17.4 Å². The zero-order valence-corrected chi connectivity index (χ0v) is 7.43. The summed E-state index contributed by atoms with van der Waals surface area (Å²) in [7, 11) is 0. The van der Waals surface area contributed by atoms with Crippen molar-refractivity contribution in [3.8, 4) is 0 Å². The SMILES string of the molecule is NN(Br)c1cccc(Cl)c1. The van der Waals surface area contributed by atoms with E-state index < -0.39 is 0 Å². The van der Waals surface area contributed by atoms with Gasteiger partial charge in [0.05, 0.1) is 21.8 Å². The van der Waals surface area contributed by atoms with Crippen LogP contribution in [0.1, 0.15) is 0 Å². The Hall–Kier alpha value is -0.250. The topological polar surface area (TPSA) is 29.3 Å². The van der Waals surface area contributed by atoms with Crippen LogP contribution in [0.5, 0.6) is 0 Å². The fourth-order valence-electron chi connectivity index (χ4n) is 0.609. The molecule has 0 heterocycles. The van der Waals surface area contributed by atoms with E-state index in [1.807, 2.05) is 12.1 Å². The second-order valence-corrected chi connectivity index (χ2v) is 2.99. The first-order valence-corrected chi connectivity index (χ1v) is 3.75. The highest BCUT2D eigenvalue weighted by atomic mass is 79.9. The zero-order valence-electron chi connectivity index (χ0n) is 5.09. The van der Waals surface area contributed by atoms with Gasteiger partial charge >= 0.3 is 0 Å². The Balaban J connectivity index is 2.96. The van der Waals surface area contributed by atoms with Crippen molar-refractivity contribution in [2.24, 2.45) is 5.84 Å². The average Bonchev–Trinajstić information content (AvgIpc) is 1.88. The summed E-state index contributed by atoms with van der Waals surface area (Å²) in [5, 5.41) is 0.674. The van der Waals surface area contributed by atoms with E-state index in [0.717, 1.165) is 5.69 Å². The number of hydrazine groups is 1. The molecule has 10 heavy (non-hydrogen) atoms. The number of benzene rings is 1. The Morgan fingerprint density at radius 3 is 2.60 bits per heavy atom. The molecular formula is C6H6BrClN2. The standard InChI is InChI=1S/C6H6BrClN2/c7-10(9)6-3-1-2-5(8)4-6/h1-4H,9H2. The molecule has 0 fully saturated rings. The maximum absolute atomic E-state index is 5.69. The van der Waals surface area contributed by atoms with Crippen molar-refractivity contribution in [1.82, 2.24) is 0 Å². The molecular weight excluding hydrogens is 215 g/mol. The second kappa shape index (κ2) is 3.23. The molecule has 0 atom stereocenters. The Morgan fingerprint density at radius 1 is 1.50 bits per heavy atom. The highest BCUT2D eigenvalue weighted by Gasteiger charge is 1.95. The normalized spacial score (nSPS) is 9.50. The van der Waals surface area contributed by atoms with Crippen molar-refractivity contribution < 1.29 is 0 Å². The van der Waals surface area contributed by atoms with E-state index in [-0.39, 0.29) is 0 Å². The number of nitrogens with zero attached hydrogens (tertiary/aromatic N) is 1. The third-order valence-corrected chi connectivity index (χ3v) is 1.70. The van der Waals surface area contributed by atoms with E-state index in [1.165, 1.54) is 4.03 Å². The fourth-order valence-corrected chi connectivity index (χ4v) is 1.01. The van der Waals surface area contributed by atoms with E-state index in [2.05, 4.69) is 16.1 Å². The molecule has 0 radical (unpaired) electrons. The molecule has 0 spiro atoms. The Kier molecular flexibility index (Phi) is 2.54. The van der Waals surface area contributed by atoms with Gasteiger partial charge in [-0.25, -0.2) is 9.88 Å². The van der Waals surface area contributed by atoms with Gasteiger partial charge in [-0.3, -0.25) is 0 Å². The predicted octanol–water partition coefficient (Wildman–Crippen LogP) is 2.33. The first kappa shape index (κ1) is 7.85. The Labute approximate surface area is 72.9 Å². The second-order valence-electron chi connectivity index (χ2n) is 1.79. The highest BCUT2D eigenvalue weighted by Crippen LogP contribution is 2.18. The smallest absolute Gasteiger partial charge is 0.0669 e. The molecule has 0 aliphatic carbocycles. The molecule has 1 aromatic carbocycles. The van der Waals surface area contributed by atoms with Gasteiger partial charge in [-0.15, -0.1) is 0 Å². The lowest BCUT2D eigenvalue weighted by atomic mass is 10.3. The molecule has 54 valence electrons. The number of hydrogen-bond donors (Lipinski definition) is 1. The van der Waals surface area contributed by atoms with Gasteiger partial charge in [0.2, 0.25) is 0 Å². The van der Waals surface area contributed by atoms with Crippen molar-refractivity contribution in [2.45, 2.75) is 0 Å². The van der Waals surface area contributed by atoms with E-state index in [1.54, 1.807) is 12.1 Å². The van der Waals surface area contributed by atoms with Crippen molar-refractivity contribution >= 4 is 33.4 Å². The number of nitrogens with two attached hydrogens (primary N) is 1. The number of anilines is 1. The molecule has 4 heteroatoms. The van der Waals surface area contributed by atoms with Crippen molar-refractivity contribution in [2.75, 3.05) is 4.03 Å². The lowest BCUT2D eigenvalue weighted by molar-refractivity contribution is 1.23. The van der Waals surface area contributed by atoms with E-state index in [9.17, 15) is 0 Å². The molecule has 0 aromatic heterocycles.